The van der Waals surface area contributed by atoms with E-state index in [9.17, 15) is 4.79 Å². The van der Waals surface area contributed by atoms with Crippen LogP contribution in [0.4, 0.5) is 5.69 Å². The summed E-state index contributed by atoms with van der Waals surface area (Å²) in [5.41, 5.74) is 3.74. The summed E-state index contributed by atoms with van der Waals surface area (Å²) in [6, 6.07) is 6.21. The molecule has 1 aromatic rings. The molecule has 0 radical (unpaired) electrons. The molecule has 1 heterocycles. The minimum atomic E-state index is -1.88. The van der Waals surface area contributed by atoms with Crippen LogP contribution in [0.15, 0.2) is 23.4 Å². The molecule has 2 rings (SSSR count). The molecule has 1 aliphatic rings. The van der Waals surface area contributed by atoms with Crippen molar-refractivity contribution < 1.29 is 9.32 Å². The Morgan fingerprint density at radius 1 is 1.12 bits per heavy atom. The number of hydrogen-bond donors (Lipinski definition) is 0. The van der Waals surface area contributed by atoms with Crippen molar-refractivity contribution in [2.24, 2.45) is 11.1 Å². The Morgan fingerprint density at radius 2 is 1.76 bits per heavy atom. The molecular formula is C19H32N2O2Si2. The Balaban J connectivity index is 2.55. The summed E-state index contributed by atoms with van der Waals surface area (Å²) in [4.78, 5) is 13.2. The van der Waals surface area contributed by atoms with Gasteiger partial charge in [0.05, 0.1) is 0 Å². The second-order valence-electron chi connectivity index (χ2n) is 9.20. The minimum absolute atomic E-state index is 0.00409. The van der Waals surface area contributed by atoms with Crippen molar-refractivity contribution in [1.29, 1.82) is 0 Å². The third kappa shape index (κ3) is 4.61. The first kappa shape index (κ1) is 19.9. The van der Waals surface area contributed by atoms with Gasteiger partial charge >= 0.3 is 0 Å². The number of carbonyl (C=O) groups is 1. The van der Waals surface area contributed by atoms with E-state index >= 15 is 0 Å². The van der Waals surface area contributed by atoms with E-state index in [1.807, 2.05) is 16.7 Å². The molecule has 0 bridgehead atoms. The van der Waals surface area contributed by atoms with E-state index in [0.29, 0.717) is 11.6 Å². The molecule has 0 fully saturated rings. The van der Waals surface area contributed by atoms with Gasteiger partial charge in [-0.3, -0.25) is 4.79 Å². The lowest BCUT2D eigenvalue weighted by atomic mass is 9.99. The summed E-state index contributed by atoms with van der Waals surface area (Å²) in [7, 11) is -3.72. The van der Waals surface area contributed by atoms with Gasteiger partial charge in [-0.25, -0.2) is 0 Å². The maximum atomic E-state index is 13.2. The number of benzene rings is 1. The maximum absolute atomic E-state index is 13.2. The largest absolute Gasteiger partial charge is 0.455 e. The molecule has 25 heavy (non-hydrogen) atoms. The monoisotopic (exact) mass is 376 g/mol. The van der Waals surface area contributed by atoms with Crippen LogP contribution >= 0.6 is 0 Å². The van der Waals surface area contributed by atoms with E-state index in [1.165, 1.54) is 5.56 Å². The molecule has 0 saturated heterocycles. The van der Waals surface area contributed by atoms with Crippen LogP contribution in [0.25, 0.3) is 0 Å². The molecule has 0 atom stereocenters. The van der Waals surface area contributed by atoms with Crippen LogP contribution < -0.4 is 4.57 Å². The number of fused-ring (bicyclic) bond motifs is 1. The van der Waals surface area contributed by atoms with Crippen molar-refractivity contribution >= 4 is 33.9 Å². The number of oxime groups is 1. The molecule has 6 heteroatoms. The predicted octanol–water partition coefficient (Wildman–Crippen LogP) is 5.01. The Kier molecular flexibility index (Phi) is 5.63. The Labute approximate surface area is 154 Å². The molecule has 1 aromatic carbocycles. The van der Waals surface area contributed by atoms with Gasteiger partial charge in [0.15, 0.2) is 13.9 Å². The van der Waals surface area contributed by atoms with Gasteiger partial charge in [0.1, 0.15) is 0 Å². The Morgan fingerprint density at radius 3 is 2.28 bits per heavy atom. The normalized spacial score (nSPS) is 16.8. The van der Waals surface area contributed by atoms with Crippen LogP contribution in [0.1, 0.15) is 31.4 Å². The van der Waals surface area contributed by atoms with Gasteiger partial charge in [0.2, 0.25) is 0 Å². The van der Waals surface area contributed by atoms with E-state index in [1.54, 1.807) is 0 Å². The highest BCUT2D eigenvalue weighted by Gasteiger charge is 2.42. The van der Waals surface area contributed by atoms with E-state index in [0.717, 1.165) is 24.1 Å². The quantitative estimate of drug-likeness (QED) is 0.517. The molecule has 0 aliphatic carbocycles. The van der Waals surface area contributed by atoms with Crippen LogP contribution in [-0.4, -0.2) is 28.2 Å². The van der Waals surface area contributed by atoms with Crippen molar-refractivity contribution in [3.63, 3.8) is 0 Å². The van der Waals surface area contributed by atoms with E-state index < -0.39 is 16.6 Å². The smallest absolute Gasteiger partial charge is 0.278 e. The summed E-state index contributed by atoms with van der Waals surface area (Å²) >= 11 is 0. The first-order valence-corrected chi connectivity index (χ1v) is 16.0. The summed E-state index contributed by atoms with van der Waals surface area (Å²) in [6.07, 6.45) is 2.10. The number of anilines is 1. The highest BCUT2D eigenvalue weighted by atomic mass is 28.4. The summed E-state index contributed by atoms with van der Waals surface area (Å²) in [5.74, 6) is 0.640. The maximum Gasteiger partial charge on any atom is 0.278 e. The topological polar surface area (TPSA) is 41.9 Å². The lowest BCUT2D eigenvalue weighted by molar-refractivity contribution is -0.111. The number of para-hydroxylation sites is 1. The van der Waals surface area contributed by atoms with Crippen molar-refractivity contribution in [2.45, 2.75) is 66.0 Å². The standard InChI is InChI=1S/C19H32N2O2Si2/c1-14(2)12-13-15-10-9-11-16-17(20-23-25(6,7)8)19(22)21(18(15)16)24(3,4)5/h9-11,14H,12-13H2,1-8H3/b20-17-. The molecule has 1 aliphatic heterocycles. The van der Waals surface area contributed by atoms with Gasteiger partial charge in [-0.1, -0.05) is 56.8 Å². The fourth-order valence-electron chi connectivity index (χ4n) is 2.93. The fraction of sp³-hybridized carbons (Fsp3) is 0.579. The molecule has 0 unspecified atom stereocenters. The average Bonchev–Trinajstić information content (AvgIpc) is 2.74. The Hall–Kier alpha value is -1.41. The molecule has 4 nitrogen and oxygen atoms in total. The molecule has 1 amide bonds. The summed E-state index contributed by atoms with van der Waals surface area (Å²) in [6.45, 7) is 17.3. The number of rotatable bonds is 6. The van der Waals surface area contributed by atoms with Crippen molar-refractivity contribution in [1.82, 2.24) is 0 Å². The van der Waals surface area contributed by atoms with Crippen LogP contribution in [0.3, 0.4) is 0 Å². The zero-order chi connectivity index (χ0) is 19.0. The average molecular weight is 377 g/mol. The minimum Gasteiger partial charge on any atom is -0.455 e. The van der Waals surface area contributed by atoms with E-state index in [2.05, 4.69) is 64.4 Å². The van der Waals surface area contributed by atoms with Gasteiger partial charge < -0.3 is 9.09 Å². The van der Waals surface area contributed by atoms with Gasteiger partial charge in [0.25, 0.3) is 14.2 Å². The number of hydrogen-bond acceptors (Lipinski definition) is 3. The van der Waals surface area contributed by atoms with Gasteiger partial charge in [-0.15, -0.1) is 0 Å². The number of amides is 1. The molecular weight excluding hydrogens is 344 g/mol. The number of carbonyl (C=O) groups excluding carboxylic acids is 1. The van der Waals surface area contributed by atoms with E-state index in [4.69, 9.17) is 4.53 Å². The molecule has 0 aromatic heterocycles. The highest BCUT2D eigenvalue weighted by Crippen LogP contribution is 2.37. The van der Waals surface area contributed by atoms with Crippen LogP contribution in [0.5, 0.6) is 0 Å². The van der Waals surface area contributed by atoms with Crippen LogP contribution in [-0.2, 0) is 15.7 Å². The number of aryl methyl sites for hydroxylation is 1. The highest BCUT2D eigenvalue weighted by molar-refractivity contribution is 6.87. The zero-order valence-electron chi connectivity index (χ0n) is 16.9. The van der Waals surface area contributed by atoms with E-state index in [-0.39, 0.29) is 5.91 Å². The molecule has 0 N–H and O–H groups in total. The number of nitrogens with zero attached hydrogens (tertiary/aromatic N) is 2. The van der Waals surface area contributed by atoms with Gasteiger partial charge in [-0.05, 0) is 44.0 Å². The lowest BCUT2D eigenvalue weighted by Crippen LogP contribution is -2.49. The van der Waals surface area contributed by atoms with Crippen LogP contribution in [0, 0.1) is 5.92 Å². The van der Waals surface area contributed by atoms with Gasteiger partial charge in [-0.2, -0.15) is 0 Å². The SMILES string of the molecule is CC(C)CCc1cccc2c1N([Si](C)(C)C)C(=O)/C2=N\O[Si](C)(C)C. The van der Waals surface area contributed by atoms with Crippen molar-refractivity contribution in [3.05, 3.63) is 29.3 Å². The second-order valence-corrected chi connectivity index (χ2v) is 18.4. The third-order valence-electron chi connectivity index (χ3n) is 4.08. The van der Waals surface area contributed by atoms with Gasteiger partial charge in [0, 0.05) is 11.3 Å². The Bertz CT molecular complexity index is 686. The summed E-state index contributed by atoms with van der Waals surface area (Å²) in [5, 5.41) is 4.33. The van der Waals surface area contributed by atoms with Crippen LogP contribution in [0.2, 0.25) is 39.3 Å². The zero-order valence-corrected chi connectivity index (χ0v) is 18.9. The van der Waals surface area contributed by atoms with Crippen molar-refractivity contribution in [2.75, 3.05) is 4.57 Å². The molecule has 0 saturated carbocycles. The third-order valence-corrected chi connectivity index (χ3v) is 6.48. The van der Waals surface area contributed by atoms with Crippen molar-refractivity contribution in [3.8, 4) is 0 Å². The molecule has 138 valence electrons. The fourth-order valence-corrected chi connectivity index (χ4v) is 4.94. The summed E-state index contributed by atoms with van der Waals surface area (Å²) < 4.78 is 7.77. The second kappa shape index (κ2) is 7.07. The lowest BCUT2D eigenvalue weighted by Gasteiger charge is -2.31. The first-order valence-electron chi connectivity index (χ1n) is 9.15. The predicted molar refractivity (Wildman–Crippen MR) is 111 cm³/mol. The first-order chi connectivity index (χ1) is 11.4. The molecule has 0 spiro atoms.